The molecule has 0 saturated heterocycles. The number of ether oxygens (including phenoxy) is 2. The van der Waals surface area contributed by atoms with Crippen molar-refractivity contribution in [3.05, 3.63) is 46.4 Å². The number of anilines is 1. The first kappa shape index (κ1) is 14.5. The molecule has 2 N–H and O–H groups in total. The largest absolute Gasteiger partial charge is 0.504 e. The van der Waals surface area contributed by atoms with Gasteiger partial charge in [0.15, 0.2) is 11.5 Å². The van der Waals surface area contributed by atoms with Crippen LogP contribution in [0.3, 0.4) is 0 Å². The molecule has 0 heterocycles. The third-order valence-electron chi connectivity index (χ3n) is 2.89. The number of hydrogen-bond donors (Lipinski definition) is 2. The zero-order valence-electron chi connectivity index (χ0n) is 11.3. The number of phenolic OH excluding ortho intramolecular Hbond substituents is 1. The second-order valence-electron chi connectivity index (χ2n) is 4.21. The van der Waals surface area contributed by atoms with Gasteiger partial charge in [0, 0.05) is 12.2 Å². The Morgan fingerprint density at radius 1 is 1.05 bits per heavy atom. The lowest BCUT2D eigenvalue weighted by Crippen LogP contribution is -1.99. The van der Waals surface area contributed by atoms with Gasteiger partial charge >= 0.3 is 0 Å². The normalized spacial score (nSPS) is 10.2. The summed E-state index contributed by atoms with van der Waals surface area (Å²) in [5.74, 6) is 1.40. The van der Waals surface area contributed by atoms with Gasteiger partial charge in [0.2, 0.25) is 0 Å². The van der Waals surface area contributed by atoms with Crippen LogP contribution in [0.25, 0.3) is 0 Å². The maximum atomic E-state index is 9.72. The maximum absolute atomic E-state index is 9.72. The van der Waals surface area contributed by atoms with E-state index in [-0.39, 0.29) is 5.75 Å². The standard InChI is InChI=1S/C15H16BrNO3/c1-19-14-6-4-11(8-12(14)16)17-9-10-3-5-15(20-2)13(18)7-10/h3-8,17-18H,9H2,1-2H3. The van der Waals surface area contributed by atoms with Gasteiger partial charge in [-0.1, -0.05) is 6.07 Å². The number of hydrogen-bond acceptors (Lipinski definition) is 4. The first-order valence-corrected chi connectivity index (χ1v) is 6.86. The Morgan fingerprint density at radius 2 is 1.75 bits per heavy atom. The second kappa shape index (κ2) is 6.52. The van der Waals surface area contributed by atoms with Gasteiger partial charge in [0.1, 0.15) is 5.75 Å². The minimum atomic E-state index is 0.141. The molecule has 0 aliphatic carbocycles. The fourth-order valence-corrected chi connectivity index (χ4v) is 2.37. The zero-order valence-corrected chi connectivity index (χ0v) is 12.9. The van der Waals surface area contributed by atoms with Crippen molar-refractivity contribution >= 4 is 21.6 Å². The average Bonchev–Trinajstić information content (AvgIpc) is 2.45. The van der Waals surface area contributed by atoms with Gasteiger partial charge in [-0.2, -0.15) is 0 Å². The summed E-state index contributed by atoms with van der Waals surface area (Å²) in [5, 5.41) is 13.0. The molecular weight excluding hydrogens is 322 g/mol. The van der Waals surface area contributed by atoms with Crippen molar-refractivity contribution in [2.24, 2.45) is 0 Å². The molecule has 20 heavy (non-hydrogen) atoms. The Hall–Kier alpha value is -1.88. The molecule has 0 saturated carbocycles. The first-order valence-electron chi connectivity index (χ1n) is 6.07. The number of benzene rings is 2. The summed E-state index contributed by atoms with van der Waals surface area (Å²) >= 11 is 3.44. The molecule has 2 aromatic carbocycles. The molecule has 0 radical (unpaired) electrons. The van der Waals surface area contributed by atoms with Gasteiger partial charge in [-0.05, 0) is 51.8 Å². The molecule has 2 rings (SSSR count). The van der Waals surface area contributed by atoms with Crippen molar-refractivity contribution in [3.63, 3.8) is 0 Å². The highest BCUT2D eigenvalue weighted by atomic mass is 79.9. The molecule has 4 nitrogen and oxygen atoms in total. The van der Waals surface area contributed by atoms with Gasteiger partial charge in [-0.3, -0.25) is 0 Å². The monoisotopic (exact) mass is 337 g/mol. The van der Waals surface area contributed by atoms with Crippen LogP contribution in [0.5, 0.6) is 17.2 Å². The molecule has 0 unspecified atom stereocenters. The minimum Gasteiger partial charge on any atom is -0.504 e. The number of nitrogens with one attached hydrogen (secondary N) is 1. The highest BCUT2D eigenvalue weighted by Gasteiger charge is 2.04. The van der Waals surface area contributed by atoms with Crippen LogP contribution in [-0.4, -0.2) is 19.3 Å². The highest BCUT2D eigenvalue weighted by molar-refractivity contribution is 9.10. The highest BCUT2D eigenvalue weighted by Crippen LogP contribution is 2.29. The number of halogens is 1. The Labute approximate surface area is 126 Å². The molecule has 0 atom stereocenters. The Kier molecular flexibility index (Phi) is 4.74. The summed E-state index contributed by atoms with van der Waals surface area (Å²) in [7, 11) is 3.16. The van der Waals surface area contributed by atoms with Crippen molar-refractivity contribution in [3.8, 4) is 17.2 Å². The molecule has 0 aliphatic rings. The van der Waals surface area contributed by atoms with Crippen LogP contribution in [0.1, 0.15) is 5.56 Å². The van der Waals surface area contributed by atoms with Gasteiger partial charge in [-0.15, -0.1) is 0 Å². The van der Waals surface area contributed by atoms with Crippen molar-refractivity contribution in [2.45, 2.75) is 6.54 Å². The topological polar surface area (TPSA) is 50.7 Å². The van der Waals surface area contributed by atoms with Crippen molar-refractivity contribution < 1.29 is 14.6 Å². The summed E-state index contributed by atoms with van der Waals surface area (Å²) < 4.78 is 11.1. The van der Waals surface area contributed by atoms with E-state index in [1.54, 1.807) is 19.2 Å². The van der Waals surface area contributed by atoms with Gasteiger partial charge in [0.05, 0.1) is 18.7 Å². The van der Waals surface area contributed by atoms with E-state index in [0.717, 1.165) is 21.5 Å². The van der Waals surface area contributed by atoms with Crippen LogP contribution in [0, 0.1) is 0 Å². The van der Waals surface area contributed by atoms with E-state index in [4.69, 9.17) is 9.47 Å². The predicted molar refractivity (Wildman–Crippen MR) is 82.7 cm³/mol. The van der Waals surface area contributed by atoms with Gasteiger partial charge < -0.3 is 19.9 Å². The van der Waals surface area contributed by atoms with E-state index in [1.165, 1.54) is 7.11 Å². The van der Waals surface area contributed by atoms with E-state index in [2.05, 4.69) is 21.2 Å². The second-order valence-corrected chi connectivity index (χ2v) is 5.06. The summed E-state index contributed by atoms with van der Waals surface area (Å²) in [6.07, 6.45) is 0. The fourth-order valence-electron chi connectivity index (χ4n) is 1.83. The minimum absolute atomic E-state index is 0.141. The number of methoxy groups -OCH3 is 2. The van der Waals surface area contributed by atoms with Crippen molar-refractivity contribution in [1.82, 2.24) is 0 Å². The van der Waals surface area contributed by atoms with Crippen LogP contribution < -0.4 is 14.8 Å². The molecule has 5 heteroatoms. The van der Waals surface area contributed by atoms with Crippen molar-refractivity contribution in [1.29, 1.82) is 0 Å². The van der Waals surface area contributed by atoms with Gasteiger partial charge in [-0.25, -0.2) is 0 Å². The first-order chi connectivity index (χ1) is 9.63. The van der Waals surface area contributed by atoms with Crippen LogP contribution in [0.15, 0.2) is 40.9 Å². The van der Waals surface area contributed by atoms with Crippen LogP contribution in [-0.2, 0) is 6.54 Å². The molecule has 0 amide bonds. The number of aromatic hydroxyl groups is 1. The SMILES string of the molecule is COc1ccc(CNc2ccc(OC)c(Br)c2)cc1O. The lowest BCUT2D eigenvalue weighted by Gasteiger charge is -2.10. The van der Waals surface area contributed by atoms with E-state index in [0.29, 0.717) is 12.3 Å². The molecular formula is C15H16BrNO3. The summed E-state index contributed by atoms with van der Waals surface area (Å²) in [5.41, 5.74) is 1.93. The molecule has 0 aromatic heterocycles. The van der Waals surface area contributed by atoms with Crippen molar-refractivity contribution in [2.75, 3.05) is 19.5 Å². The summed E-state index contributed by atoms with van der Waals surface area (Å²) in [4.78, 5) is 0. The molecule has 106 valence electrons. The molecule has 0 bridgehead atoms. The van der Waals surface area contributed by atoms with E-state index < -0.39 is 0 Å². The van der Waals surface area contributed by atoms with Crippen LogP contribution in [0.4, 0.5) is 5.69 Å². The quantitative estimate of drug-likeness (QED) is 0.871. The molecule has 0 spiro atoms. The predicted octanol–water partition coefficient (Wildman–Crippen LogP) is 3.78. The third-order valence-corrected chi connectivity index (χ3v) is 3.51. The Balaban J connectivity index is 2.05. The lowest BCUT2D eigenvalue weighted by molar-refractivity contribution is 0.373. The molecule has 0 fully saturated rings. The summed E-state index contributed by atoms with van der Waals surface area (Å²) in [6.45, 7) is 0.607. The van der Waals surface area contributed by atoms with Gasteiger partial charge in [0.25, 0.3) is 0 Å². The lowest BCUT2D eigenvalue weighted by atomic mass is 10.2. The average molecular weight is 338 g/mol. The zero-order chi connectivity index (χ0) is 14.5. The van der Waals surface area contributed by atoms with E-state index in [1.807, 2.05) is 24.3 Å². The Morgan fingerprint density at radius 3 is 2.35 bits per heavy atom. The maximum Gasteiger partial charge on any atom is 0.160 e. The molecule has 2 aromatic rings. The van der Waals surface area contributed by atoms with E-state index in [9.17, 15) is 5.11 Å². The molecule has 0 aliphatic heterocycles. The van der Waals surface area contributed by atoms with E-state index >= 15 is 0 Å². The summed E-state index contributed by atoms with van der Waals surface area (Å²) in [6, 6.07) is 11.1. The van der Waals surface area contributed by atoms with Crippen LogP contribution in [0.2, 0.25) is 0 Å². The fraction of sp³-hybridized carbons (Fsp3) is 0.200. The smallest absolute Gasteiger partial charge is 0.160 e. The number of phenols is 1. The number of rotatable bonds is 5. The van der Waals surface area contributed by atoms with Crippen LogP contribution >= 0.6 is 15.9 Å². The third kappa shape index (κ3) is 3.36. The Bertz CT molecular complexity index is 548.